The molecule has 1 saturated heterocycles. The van der Waals surface area contributed by atoms with Crippen LogP contribution in [0.15, 0.2) is 5.86 Å². The number of carbonyl (C=O) groups is 12. The van der Waals surface area contributed by atoms with Crippen LogP contribution in [0.3, 0.4) is 0 Å². The number of fused-ring (bicyclic) bond motifs is 1. The van der Waals surface area contributed by atoms with Crippen molar-refractivity contribution in [2.24, 2.45) is 5.73 Å². The van der Waals surface area contributed by atoms with Gasteiger partial charge in [-0.05, 0) is 118 Å². The molecule has 7 radical (unpaired) electrons. The van der Waals surface area contributed by atoms with Gasteiger partial charge in [-0.3, -0.25) is 61.1 Å². The molecule has 0 aromatic carbocycles. The topological polar surface area (TPSA) is 324 Å². The molecule has 0 bridgehead atoms. The molecular formula is C41H71B6Cl10N8O17S2. The third-order valence-corrected chi connectivity index (χ3v) is 10.7. The van der Waals surface area contributed by atoms with Gasteiger partial charge in [0.05, 0.1) is 27.6 Å². The molecular weight excluding hydrogens is 1360 g/mol. The largest absolute Gasteiger partial charge is 0 e. The SMILES string of the molecule is CC.CC.CC(=O)Cl.CC(=O)N(C)CN(C)C(=O)Cl.CC(=O)N(C)CN(C)C(=O)Cl.CCNC(=O)Cl.COCC(=O)Cl.COS(=O)CC(=O)Cl.COS(=O)CC(=O)Cl.NC(=O)Cl.O=C(Cl)N1CCC1.O=C(Cl)N1Cc2bbcbc2C1.[B].[B][B]. The van der Waals surface area contributed by atoms with E-state index in [9.17, 15) is 61.2 Å². The Labute approximate surface area is 555 Å². The molecule has 25 nitrogen and oxygen atoms in total. The molecule has 3 heterocycles. The van der Waals surface area contributed by atoms with E-state index in [4.69, 9.17) is 97.6 Å². The maximum absolute atomic E-state index is 10.8. The van der Waals surface area contributed by atoms with Crippen molar-refractivity contribution in [2.75, 3.05) is 101 Å². The normalized spacial score (nSPS) is 10.3. The molecule has 1 fully saturated rings. The van der Waals surface area contributed by atoms with Gasteiger partial charge in [-0.15, -0.1) is 0 Å². The number of ether oxygens (including phenoxy) is 1. The molecule has 3 N–H and O–H groups in total. The Kier molecular flexibility index (Phi) is 94.6. The Morgan fingerprint density at radius 2 is 0.940 bits per heavy atom. The smallest absolute Gasteiger partial charge is 0 e. The Bertz CT molecular complexity index is 1910. The third kappa shape index (κ3) is 93.2. The standard InChI is InChI=1S/C6H5B3ClNO.2C6H11ClN2O2.C4H6ClNO.C3H6ClNO.2C3H5ClO3S.C3H5ClO2.C2H3ClO.2C2H6.CH2ClNO.B2.B/c10-6(12)11-1-4-5(2-11)9-8-3-7-4;2*1-5(10)8(2)4-9(3)6(7)11;5-4(7)6-2-1-3-6;1-2-5-3(4)6;2*1-7-8(6)2-3(4)5;1-6-2-3(4)5;1-2(3)4;2*1-2;2-1(3)4;1-2;/h3H,1-2H2;2*4H2,1-3H3;1-3H2;2H2,1H3,(H,5,6);2*2H2,1H3;2H2,1H3;1H3;2*1-2H3;(H2,3,4);;. The van der Waals surface area contributed by atoms with E-state index in [1.165, 1.54) is 86.7 Å². The quantitative estimate of drug-likeness (QED) is 0.0945. The van der Waals surface area contributed by atoms with Crippen LogP contribution < -0.4 is 11.1 Å². The van der Waals surface area contributed by atoms with Crippen molar-refractivity contribution < 1.29 is 79.1 Å². The predicted octanol–water partition coefficient (Wildman–Crippen LogP) is 6.31. The molecule has 0 saturated carbocycles. The Morgan fingerprint density at radius 3 is 1.08 bits per heavy atom. The van der Waals surface area contributed by atoms with Crippen molar-refractivity contribution >= 4 is 248 Å². The minimum atomic E-state index is -1.54. The van der Waals surface area contributed by atoms with Crippen LogP contribution in [-0.2, 0) is 77.1 Å². The van der Waals surface area contributed by atoms with E-state index in [-0.39, 0.29) is 67.7 Å². The number of primary amides is 1. The summed E-state index contributed by atoms with van der Waals surface area (Å²) in [7, 11) is 18.1. The summed E-state index contributed by atoms with van der Waals surface area (Å²) in [5, 5.41) is -2.96. The molecule has 8 amide bonds. The first kappa shape index (κ1) is 106. The van der Waals surface area contributed by atoms with Crippen LogP contribution in [0.1, 0.15) is 72.7 Å². The molecule has 477 valence electrons. The van der Waals surface area contributed by atoms with Gasteiger partial charge in [-0.25, -0.2) is 8.42 Å². The van der Waals surface area contributed by atoms with E-state index in [0.29, 0.717) is 19.6 Å². The molecule has 2 unspecified atom stereocenters. The Balaban J connectivity index is -0.0000000786. The van der Waals surface area contributed by atoms with Crippen molar-refractivity contribution in [1.29, 1.82) is 0 Å². The van der Waals surface area contributed by atoms with Crippen LogP contribution in [0, 0.1) is 0 Å². The number of nitrogens with zero attached hydrogens (tertiary/aromatic N) is 6. The molecule has 2 atom stereocenters. The van der Waals surface area contributed by atoms with E-state index >= 15 is 0 Å². The number of nitrogens with two attached hydrogens (primary N) is 1. The zero-order valence-corrected chi connectivity index (χ0v) is 58.3. The van der Waals surface area contributed by atoms with Crippen LogP contribution in [-0.4, -0.2) is 248 Å². The van der Waals surface area contributed by atoms with Crippen molar-refractivity contribution in [1.82, 2.24) is 34.7 Å². The second kappa shape index (κ2) is 74.8. The first-order chi connectivity index (χ1) is 38.3. The van der Waals surface area contributed by atoms with Crippen molar-refractivity contribution in [3.63, 3.8) is 0 Å². The van der Waals surface area contributed by atoms with E-state index in [2.05, 4.69) is 62.8 Å². The fraction of sp³-hybridized carbons (Fsp3) is 0.634. The monoisotopic (exact) mass is 1430 g/mol. The number of rotatable bonds is 13. The number of nitrogens with one attached hydrogen (secondary N) is 1. The van der Waals surface area contributed by atoms with Gasteiger partial charge in [-0.2, -0.15) is 0 Å². The summed E-state index contributed by atoms with van der Waals surface area (Å²) in [6.45, 7) is 24.0. The van der Waals surface area contributed by atoms with E-state index in [1.807, 2.05) is 54.1 Å². The Morgan fingerprint density at radius 1 is 0.619 bits per heavy atom. The zero-order chi connectivity index (χ0) is 68.1. The molecule has 3 rings (SSSR count). The first-order valence-corrected chi connectivity index (χ1v) is 29.1. The van der Waals surface area contributed by atoms with E-state index < -0.39 is 59.4 Å². The number of hydrogen-bond donors (Lipinski definition) is 2. The van der Waals surface area contributed by atoms with Crippen LogP contribution >= 0.6 is 116 Å². The minimum Gasteiger partial charge on any atom is 0 e. The van der Waals surface area contributed by atoms with Gasteiger partial charge in [0.1, 0.15) is 18.1 Å². The minimum absolute atomic E-state index is 0. The molecule has 2 aliphatic rings. The summed E-state index contributed by atoms with van der Waals surface area (Å²) in [5.41, 5.74) is 6.64. The fourth-order valence-corrected chi connectivity index (χ4v) is 5.23. The first-order valence-electron chi connectivity index (χ1n) is 22.8. The van der Waals surface area contributed by atoms with Crippen LogP contribution in [0.25, 0.3) is 0 Å². The summed E-state index contributed by atoms with van der Waals surface area (Å²) in [4.78, 5) is 129. The summed E-state index contributed by atoms with van der Waals surface area (Å²) in [6.07, 6.45) is 1.11. The fourth-order valence-electron chi connectivity index (χ4n) is 3.45. The molecule has 2 aliphatic heterocycles. The van der Waals surface area contributed by atoms with Crippen LogP contribution in [0.5, 0.6) is 0 Å². The van der Waals surface area contributed by atoms with Crippen LogP contribution in [0.4, 0.5) is 28.8 Å². The summed E-state index contributed by atoms with van der Waals surface area (Å²) < 4.78 is 33.2. The predicted molar refractivity (Wildman–Crippen MR) is 344 cm³/mol. The van der Waals surface area contributed by atoms with Gasteiger partial charge >= 0.3 is 104 Å². The molecule has 0 aliphatic carbocycles. The van der Waals surface area contributed by atoms with Crippen molar-refractivity contribution in [3.8, 4) is 0 Å². The van der Waals surface area contributed by atoms with E-state index in [1.54, 1.807) is 30.8 Å². The summed E-state index contributed by atoms with van der Waals surface area (Å²) in [5.74, 6) is 1.29. The second-order valence-electron chi connectivity index (χ2n) is 13.4. The number of amides is 8. The van der Waals surface area contributed by atoms with Crippen LogP contribution in [0.2, 0.25) is 0 Å². The van der Waals surface area contributed by atoms with Crippen molar-refractivity contribution in [2.45, 2.75) is 74.9 Å². The number of hydrogen-bond acceptors (Lipinski definition) is 17. The number of likely N-dealkylation sites (tertiary alicyclic amines) is 1. The average Bonchev–Trinajstić information content (AvgIpc) is 3.81. The number of carbonyl (C=O) groups excluding carboxylic acids is 12. The maximum Gasteiger partial charge on any atom is 0 e. The average molecular weight is 1430 g/mol. The molecule has 0 spiro atoms. The number of methoxy groups -OCH3 is 1. The van der Waals surface area contributed by atoms with E-state index in [0.717, 1.165) is 19.5 Å². The van der Waals surface area contributed by atoms with Gasteiger partial charge < -0.3 is 40.3 Å². The molecule has 1 aromatic heterocycles. The maximum atomic E-state index is 10.8. The van der Waals surface area contributed by atoms with Crippen molar-refractivity contribution in [3.05, 3.63) is 16.8 Å². The summed E-state index contributed by atoms with van der Waals surface area (Å²) >= 11 is 46.0. The second-order valence-corrected chi connectivity index (χ2v) is 19.7. The van der Waals surface area contributed by atoms with Gasteiger partial charge in [0.15, 0.2) is 22.2 Å². The van der Waals surface area contributed by atoms with Gasteiger partial charge in [0.25, 0.3) is 0 Å². The number of halogens is 10. The molecule has 84 heavy (non-hydrogen) atoms. The molecule has 43 heteroatoms. The van der Waals surface area contributed by atoms with Gasteiger partial charge in [0, 0.05) is 99.6 Å². The summed E-state index contributed by atoms with van der Waals surface area (Å²) in [6, 6.07) is 0. The third-order valence-electron chi connectivity index (χ3n) is 7.13. The van der Waals surface area contributed by atoms with Gasteiger partial charge in [0.2, 0.25) is 32.8 Å². The van der Waals surface area contributed by atoms with Gasteiger partial charge in [-0.1, -0.05) is 27.7 Å². The Hall–Kier alpha value is -2.48. The zero-order valence-electron chi connectivity index (χ0n) is 49.1. The molecule has 1 aromatic rings.